The maximum atomic E-state index is 12.0. The van der Waals surface area contributed by atoms with Crippen molar-refractivity contribution in [2.24, 2.45) is 0 Å². The van der Waals surface area contributed by atoms with E-state index in [0.29, 0.717) is 17.4 Å². The van der Waals surface area contributed by atoms with Crippen molar-refractivity contribution in [3.05, 3.63) is 59.7 Å². The van der Waals surface area contributed by atoms with Crippen LogP contribution in [0.4, 0.5) is 10.8 Å². The summed E-state index contributed by atoms with van der Waals surface area (Å²) in [5.74, 6) is 1.06. The van der Waals surface area contributed by atoms with Crippen LogP contribution in [-0.2, 0) is 11.3 Å². The van der Waals surface area contributed by atoms with Crippen molar-refractivity contribution in [1.29, 1.82) is 0 Å². The standard InChI is InChI=1S/C19H20N4O2S2/c1-13-5-3-4-6-16(13)21-18-22-23-19(27-18)26-12-17(24)20-11-14-7-9-15(25-2)10-8-14/h3-10H,11-12H2,1-2H3,(H,20,24)(H,21,22). The molecule has 1 heterocycles. The molecule has 27 heavy (non-hydrogen) atoms. The number of nitrogens with one attached hydrogen (secondary N) is 2. The topological polar surface area (TPSA) is 76.1 Å². The van der Waals surface area contributed by atoms with Gasteiger partial charge >= 0.3 is 0 Å². The van der Waals surface area contributed by atoms with E-state index < -0.39 is 0 Å². The number of methoxy groups -OCH3 is 1. The Bertz CT molecular complexity index is 897. The molecular weight excluding hydrogens is 380 g/mol. The van der Waals surface area contributed by atoms with Crippen LogP contribution in [0.1, 0.15) is 11.1 Å². The minimum Gasteiger partial charge on any atom is -0.497 e. The van der Waals surface area contributed by atoms with Crippen LogP contribution >= 0.6 is 23.1 Å². The monoisotopic (exact) mass is 400 g/mol. The lowest BCUT2D eigenvalue weighted by molar-refractivity contribution is -0.118. The average molecular weight is 401 g/mol. The van der Waals surface area contributed by atoms with Crippen molar-refractivity contribution in [2.45, 2.75) is 17.8 Å². The third kappa shape index (κ3) is 5.70. The Hall–Kier alpha value is -2.58. The summed E-state index contributed by atoms with van der Waals surface area (Å²) in [6, 6.07) is 15.6. The third-order valence-electron chi connectivity index (χ3n) is 3.77. The lowest BCUT2D eigenvalue weighted by Gasteiger charge is -2.05. The first-order valence-electron chi connectivity index (χ1n) is 8.32. The van der Waals surface area contributed by atoms with Gasteiger partial charge in [0.25, 0.3) is 0 Å². The molecule has 0 aliphatic carbocycles. The number of hydrogen-bond donors (Lipinski definition) is 2. The second-order valence-electron chi connectivity index (χ2n) is 5.73. The number of nitrogens with zero attached hydrogens (tertiary/aromatic N) is 2. The first kappa shape index (κ1) is 19.2. The molecule has 2 aromatic carbocycles. The average Bonchev–Trinajstić information content (AvgIpc) is 3.14. The number of aromatic nitrogens is 2. The fourth-order valence-electron chi connectivity index (χ4n) is 2.27. The predicted octanol–water partition coefficient (Wildman–Crippen LogP) is 4.01. The molecule has 0 spiro atoms. The zero-order valence-electron chi connectivity index (χ0n) is 15.1. The number of thioether (sulfide) groups is 1. The van der Waals surface area contributed by atoms with Gasteiger partial charge in [-0.25, -0.2) is 0 Å². The molecule has 1 amide bonds. The molecule has 6 nitrogen and oxygen atoms in total. The number of carbonyl (C=O) groups is 1. The Kier molecular flexibility index (Phi) is 6.67. The quantitative estimate of drug-likeness (QED) is 0.557. The van der Waals surface area contributed by atoms with E-state index >= 15 is 0 Å². The fourth-order valence-corrected chi connectivity index (χ4v) is 3.86. The molecule has 3 aromatic rings. The van der Waals surface area contributed by atoms with Gasteiger partial charge in [0.05, 0.1) is 12.9 Å². The summed E-state index contributed by atoms with van der Waals surface area (Å²) >= 11 is 2.81. The first-order chi connectivity index (χ1) is 13.1. The summed E-state index contributed by atoms with van der Waals surface area (Å²) < 4.78 is 5.88. The summed E-state index contributed by atoms with van der Waals surface area (Å²) in [7, 11) is 1.63. The number of rotatable bonds is 8. The van der Waals surface area contributed by atoms with Crippen LogP contribution in [0, 0.1) is 6.92 Å². The Morgan fingerprint density at radius 1 is 1.15 bits per heavy atom. The van der Waals surface area contributed by atoms with Gasteiger partial charge in [0.1, 0.15) is 5.75 Å². The van der Waals surface area contributed by atoms with E-state index in [-0.39, 0.29) is 5.91 Å². The summed E-state index contributed by atoms with van der Waals surface area (Å²) in [5, 5.41) is 15.1. The van der Waals surface area contributed by atoms with E-state index in [1.54, 1.807) is 7.11 Å². The minimum absolute atomic E-state index is 0.0422. The van der Waals surface area contributed by atoms with Crippen molar-refractivity contribution < 1.29 is 9.53 Å². The van der Waals surface area contributed by atoms with Gasteiger partial charge in [-0.1, -0.05) is 53.4 Å². The SMILES string of the molecule is COc1ccc(CNC(=O)CSc2nnc(Nc3ccccc3C)s2)cc1. The van der Waals surface area contributed by atoms with Gasteiger partial charge in [-0.3, -0.25) is 4.79 Å². The van der Waals surface area contributed by atoms with Crippen LogP contribution in [0.25, 0.3) is 0 Å². The zero-order valence-corrected chi connectivity index (χ0v) is 16.7. The van der Waals surface area contributed by atoms with Gasteiger partial charge in [-0.15, -0.1) is 10.2 Å². The normalized spacial score (nSPS) is 10.4. The van der Waals surface area contributed by atoms with E-state index in [0.717, 1.165) is 26.9 Å². The summed E-state index contributed by atoms with van der Waals surface area (Å²) in [6.45, 7) is 2.52. The molecule has 0 unspecified atom stereocenters. The van der Waals surface area contributed by atoms with Crippen LogP contribution < -0.4 is 15.4 Å². The zero-order chi connectivity index (χ0) is 19.1. The summed E-state index contributed by atoms with van der Waals surface area (Å²) in [4.78, 5) is 12.0. The molecule has 0 saturated heterocycles. The molecule has 0 saturated carbocycles. The van der Waals surface area contributed by atoms with E-state index in [1.165, 1.54) is 23.1 Å². The molecule has 0 bridgehead atoms. The van der Waals surface area contributed by atoms with Crippen molar-refractivity contribution >= 4 is 39.8 Å². The number of hydrogen-bond acceptors (Lipinski definition) is 7. The van der Waals surface area contributed by atoms with Crippen LogP contribution in [0.3, 0.4) is 0 Å². The molecule has 0 fully saturated rings. The second-order valence-corrected chi connectivity index (χ2v) is 7.93. The Morgan fingerprint density at radius 2 is 1.93 bits per heavy atom. The van der Waals surface area contributed by atoms with E-state index in [1.807, 2.05) is 55.5 Å². The van der Waals surface area contributed by atoms with Gasteiger partial charge in [0, 0.05) is 12.2 Å². The smallest absolute Gasteiger partial charge is 0.230 e. The Morgan fingerprint density at radius 3 is 2.67 bits per heavy atom. The highest BCUT2D eigenvalue weighted by Crippen LogP contribution is 2.28. The number of ether oxygens (including phenoxy) is 1. The Balaban J connectivity index is 1.45. The van der Waals surface area contributed by atoms with Crippen LogP contribution in [0.2, 0.25) is 0 Å². The van der Waals surface area contributed by atoms with Crippen molar-refractivity contribution in [2.75, 3.05) is 18.2 Å². The van der Waals surface area contributed by atoms with Crippen molar-refractivity contribution in [3.63, 3.8) is 0 Å². The Labute approximate surface area is 166 Å². The van der Waals surface area contributed by atoms with Gasteiger partial charge in [-0.05, 0) is 36.2 Å². The molecule has 1 aromatic heterocycles. The predicted molar refractivity (Wildman–Crippen MR) is 110 cm³/mol. The molecule has 8 heteroatoms. The van der Waals surface area contributed by atoms with Gasteiger partial charge in [0.15, 0.2) is 4.34 Å². The number of amides is 1. The molecular formula is C19H20N4O2S2. The summed E-state index contributed by atoms with van der Waals surface area (Å²) in [6.07, 6.45) is 0. The molecule has 2 N–H and O–H groups in total. The summed E-state index contributed by atoms with van der Waals surface area (Å²) in [5.41, 5.74) is 3.16. The van der Waals surface area contributed by atoms with Crippen molar-refractivity contribution in [1.82, 2.24) is 15.5 Å². The number of anilines is 2. The third-order valence-corrected chi connectivity index (χ3v) is 5.74. The maximum Gasteiger partial charge on any atom is 0.230 e. The number of benzene rings is 2. The lowest BCUT2D eigenvalue weighted by Crippen LogP contribution is -2.24. The number of para-hydroxylation sites is 1. The van der Waals surface area contributed by atoms with Crippen LogP contribution in [0.5, 0.6) is 5.75 Å². The van der Waals surface area contributed by atoms with E-state index in [2.05, 4.69) is 20.8 Å². The molecule has 0 aliphatic heterocycles. The molecule has 0 atom stereocenters. The van der Waals surface area contributed by atoms with Gasteiger partial charge < -0.3 is 15.4 Å². The molecule has 140 valence electrons. The first-order valence-corrected chi connectivity index (χ1v) is 10.1. The largest absolute Gasteiger partial charge is 0.497 e. The van der Waals surface area contributed by atoms with Crippen LogP contribution in [-0.4, -0.2) is 29.0 Å². The molecule has 3 rings (SSSR count). The van der Waals surface area contributed by atoms with Gasteiger partial charge in [-0.2, -0.15) is 0 Å². The maximum absolute atomic E-state index is 12.0. The highest BCUT2D eigenvalue weighted by Gasteiger charge is 2.09. The molecule has 0 aliphatic rings. The van der Waals surface area contributed by atoms with Crippen LogP contribution in [0.15, 0.2) is 52.9 Å². The highest BCUT2D eigenvalue weighted by molar-refractivity contribution is 8.01. The lowest BCUT2D eigenvalue weighted by atomic mass is 10.2. The number of aryl methyl sites for hydroxylation is 1. The second kappa shape index (κ2) is 9.38. The highest BCUT2D eigenvalue weighted by atomic mass is 32.2. The minimum atomic E-state index is -0.0422. The fraction of sp³-hybridized carbons (Fsp3) is 0.211. The van der Waals surface area contributed by atoms with Gasteiger partial charge in [0.2, 0.25) is 11.0 Å². The van der Waals surface area contributed by atoms with E-state index in [9.17, 15) is 4.79 Å². The van der Waals surface area contributed by atoms with E-state index in [4.69, 9.17) is 4.74 Å². The molecule has 0 radical (unpaired) electrons. The van der Waals surface area contributed by atoms with Crippen molar-refractivity contribution in [3.8, 4) is 5.75 Å². The number of carbonyl (C=O) groups excluding carboxylic acids is 1.